The van der Waals surface area contributed by atoms with E-state index in [2.05, 4.69) is 22.6 Å². The van der Waals surface area contributed by atoms with Crippen molar-refractivity contribution in [3.8, 4) is 11.5 Å². The molecule has 5 nitrogen and oxygen atoms in total. The van der Waals surface area contributed by atoms with E-state index in [0.29, 0.717) is 20.7 Å². The van der Waals surface area contributed by atoms with Gasteiger partial charge in [0.2, 0.25) is 0 Å². The molecule has 1 saturated heterocycles. The molecule has 0 aliphatic carbocycles. The minimum Gasteiger partial charge on any atom is -0.493 e. The number of benzene rings is 2. The lowest BCUT2D eigenvalue weighted by Gasteiger charge is -2.17. The van der Waals surface area contributed by atoms with Crippen molar-refractivity contribution >= 4 is 74.2 Å². The average Bonchev–Trinajstić information content (AvgIpc) is 2.94. The van der Waals surface area contributed by atoms with E-state index in [1.807, 2.05) is 61.5 Å². The molecule has 1 heterocycles. The Bertz CT molecular complexity index is 959. The molecule has 0 spiro atoms. The molecular weight excluding hydrogens is 507 g/mol. The van der Waals surface area contributed by atoms with Gasteiger partial charge in [0, 0.05) is 19.8 Å². The fraction of sp³-hybridized carbons (Fsp3) is 0.200. The van der Waals surface area contributed by atoms with Crippen molar-refractivity contribution in [1.82, 2.24) is 0 Å². The van der Waals surface area contributed by atoms with Gasteiger partial charge >= 0.3 is 0 Å². The van der Waals surface area contributed by atoms with Crippen molar-refractivity contribution in [1.29, 1.82) is 0 Å². The Morgan fingerprint density at radius 2 is 1.82 bits per heavy atom. The van der Waals surface area contributed by atoms with E-state index in [-0.39, 0.29) is 5.91 Å². The van der Waals surface area contributed by atoms with Gasteiger partial charge in [-0.15, -0.1) is 0 Å². The zero-order valence-corrected chi connectivity index (χ0v) is 19.6. The Balaban J connectivity index is 1.92. The van der Waals surface area contributed by atoms with Crippen LogP contribution in [-0.2, 0) is 4.79 Å². The number of methoxy groups -OCH3 is 2. The first-order valence-electron chi connectivity index (χ1n) is 8.32. The molecular formula is C20H19IN2O3S2. The van der Waals surface area contributed by atoms with Gasteiger partial charge in [-0.05, 0) is 70.6 Å². The van der Waals surface area contributed by atoms with Crippen LogP contribution in [0.3, 0.4) is 0 Å². The number of nitrogens with zero attached hydrogens (tertiary/aromatic N) is 2. The third-order valence-electron chi connectivity index (χ3n) is 4.17. The highest BCUT2D eigenvalue weighted by Crippen LogP contribution is 2.39. The number of ether oxygens (including phenoxy) is 2. The Labute approximate surface area is 187 Å². The lowest BCUT2D eigenvalue weighted by molar-refractivity contribution is -0.113. The van der Waals surface area contributed by atoms with Crippen molar-refractivity contribution in [2.45, 2.75) is 0 Å². The summed E-state index contributed by atoms with van der Waals surface area (Å²) >= 11 is 8.94. The molecule has 28 heavy (non-hydrogen) atoms. The summed E-state index contributed by atoms with van der Waals surface area (Å²) in [5.41, 5.74) is 2.67. The second-order valence-corrected chi connectivity index (χ2v) is 9.00. The summed E-state index contributed by atoms with van der Waals surface area (Å²) in [6.07, 6.45) is 1.83. The minimum absolute atomic E-state index is 0.127. The van der Waals surface area contributed by atoms with Gasteiger partial charge in [-0.2, -0.15) is 0 Å². The third-order valence-corrected chi connectivity index (χ3v) is 6.28. The van der Waals surface area contributed by atoms with Gasteiger partial charge in [0.15, 0.2) is 15.8 Å². The van der Waals surface area contributed by atoms with Gasteiger partial charge in [0.1, 0.15) is 0 Å². The lowest BCUT2D eigenvalue weighted by atomic mass is 10.1. The zero-order valence-electron chi connectivity index (χ0n) is 15.9. The molecule has 0 N–H and O–H groups in total. The first kappa shape index (κ1) is 20.9. The van der Waals surface area contributed by atoms with Gasteiger partial charge in [-0.1, -0.05) is 24.0 Å². The number of hydrogen-bond acceptors (Lipinski definition) is 6. The maximum atomic E-state index is 13.0. The molecule has 0 atom stereocenters. The molecule has 0 aromatic heterocycles. The first-order chi connectivity index (χ1) is 13.3. The monoisotopic (exact) mass is 526 g/mol. The predicted octanol–water partition coefficient (Wildman–Crippen LogP) is 4.78. The predicted molar refractivity (Wildman–Crippen MR) is 129 cm³/mol. The zero-order chi connectivity index (χ0) is 20.4. The average molecular weight is 526 g/mol. The van der Waals surface area contributed by atoms with E-state index in [4.69, 9.17) is 21.7 Å². The molecule has 0 unspecified atom stereocenters. The van der Waals surface area contributed by atoms with E-state index in [0.717, 1.165) is 20.5 Å². The number of amides is 1. The van der Waals surface area contributed by atoms with Crippen LogP contribution in [-0.4, -0.2) is 38.5 Å². The molecule has 146 valence electrons. The number of thiocarbonyl (C=S) groups is 1. The number of hydrogen-bond donors (Lipinski definition) is 0. The highest BCUT2D eigenvalue weighted by molar-refractivity contribution is 14.1. The van der Waals surface area contributed by atoms with Crippen LogP contribution in [0.4, 0.5) is 11.4 Å². The number of rotatable bonds is 5. The van der Waals surface area contributed by atoms with Gasteiger partial charge in [0.25, 0.3) is 5.91 Å². The first-order valence-corrected chi connectivity index (χ1v) is 10.6. The number of carbonyl (C=O) groups excluding carboxylic acids is 1. The van der Waals surface area contributed by atoms with Crippen LogP contribution in [0.25, 0.3) is 6.08 Å². The van der Waals surface area contributed by atoms with Gasteiger partial charge in [0.05, 0.1) is 28.4 Å². The fourth-order valence-electron chi connectivity index (χ4n) is 2.76. The molecule has 0 saturated carbocycles. The molecule has 2 aromatic carbocycles. The maximum absolute atomic E-state index is 13.0. The van der Waals surface area contributed by atoms with Crippen LogP contribution < -0.4 is 19.3 Å². The summed E-state index contributed by atoms with van der Waals surface area (Å²) in [7, 11) is 7.14. The molecule has 1 amide bonds. The van der Waals surface area contributed by atoms with Crippen molar-refractivity contribution in [2.24, 2.45) is 0 Å². The highest BCUT2D eigenvalue weighted by atomic mass is 127. The van der Waals surface area contributed by atoms with Crippen molar-refractivity contribution < 1.29 is 14.3 Å². The fourth-order valence-corrected chi connectivity index (χ4v) is 4.91. The molecule has 1 aliphatic rings. The van der Waals surface area contributed by atoms with Crippen LogP contribution in [0.2, 0.25) is 0 Å². The number of carbonyl (C=O) groups is 1. The topological polar surface area (TPSA) is 42.0 Å². The second kappa shape index (κ2) is 8.71. The largest absolute Gasteiger partial charge is 0.493 e. The van der Waals surface area contributed by atoms with Crippen LogP contribution in [0.5, 0.6) is 11.5 Å². The Kier molecular flexibility index (Phi) is 6.51. The van der Waals surface area contributed by atoms with E-state index >= 15 is 0 Å². The molecule has 1 aliphatic heterocycles. The Morgan fingerprint density at radius 1 is 1.14 bits per heavy atom. The summed E-state index contributed by atoms with van der Waals surface area (Å²) < 4.78 is 12.2. The van der Waals surface area contributed by atoms with Gasteiger partial charge < -0.3 is 14.4 Å². The SMILES string of the molecule is COc1cc(/C=C2/SC(=S)N(c3ccc(N(C)C)cc3)C2=O)cc(I)c1OC. The number of anilines is 2. The highest BCUT2D eigenvalue weighted by Gasteiger charge is 2.33. The molecule has 8 heteroatoms. The van der Waals surface area contributed by atoms with E-state index in [1.165, 1.54) is 11.8 Å². The smallest absolute Gasteiger partial charge is 0.270 e. The van der Waals surface area contributed by atoms with Gasteiger partial charge in [-0.25, -0.2) is 0 Å². The maximum Gasteiger partial charge on any atom is 0.270 e. The summed E-state index contributed by atoms with van der Waals surface area (Å²) in [5.74, 6) is 1.17. The second-order valence-electron chi connectivity index (χ2n) is 6.17. The summed E-state index contributed by atoms with van der Waals surface area (Å²) in [4.78, 5) is 17.1. The van der Waals surface area contributed by atoms with Crippen molar-refractivity contribution in [3.63, 3.8) is 0 Å². The third kappa shape index (κ3) is 4.13. The number of halogens is 1. The summed E-state index contributed by atoms with van der Waals surface area (Å²) in [6.45, 7) is 0. The van der Waals surface area contributed by atoms with Crippen molar-refractivity contribution in [2.75, 3.05) is 38.1 Å². The molecule has 2 aromatic rings. The Morgan fingerprint density at radius 3 is 2.39 bits per heavy atom. The van der Waals surface area contributed by atoms with E-state index < -0.39 is 0 Å². The molecule has 0 radical (unpaired) electrons. The van der Waals surface area contributed by atoms with E-state index in [9.17, 15) is 4.79 Å². The molecule has 0 bridgehead atoms. The van der Waals surface area contributed by atoms with Crippen LogP contribution in [0, 0.1) is 3.57 Å². The molecule has 1 fully saturated rings. The minimum atomic E-state index is -0.127. The summed E-state index contributed by atoms with van der Waals surface area (Å²) in [5, 5.41) is 0. The van der Waals surface area contributed by atoms with Crippen LogP contribution in [0.1, 0.15) is 5.56 Å². The Hall–Kier alpha value is -1.78. The standard InChI is InChI=1S/C20H19IN2O3S2/c1-22(2)13-5-7-14(8-6-13)23-19(24)17(28-20(23)27)11-12-9-15(21)18(26-4)16(10-12)25-3/h5-11H,1-4H3/b17-11+. The summed E-state index contributed by atoms with van der Waals surface area (Å²) in [6, 6.07) is 11.5. The van der Waals surface area contributed by atoms with Gasteiger partial charge in [-0.3, -0.25) is 9.69 Å². The number of thioether (sulfide) groups is 1. The quantitative estimate of drug-likeness (QED) is 0.318. The van der Waals surface area contributed by atoms with Crippen molar-refractivity contribution in [3.05, 3.63) is 50.4 Å². The van der Waals surface area contributed by atoms with Crippen LogP contribution in [0.15, 0.2) is 41.3 Å². The van der Waals surface area contributed by atoms with E-state index in [1.54, 1.807) is 19.1 Å². The lowest BCUT2D eigenvalue weighted by Crippen LogP contribution is -2.27. The molecule has 3 rings (SSSR count). The van der Waals surface area contributed by atoms with Crippen LogP contribution >= 0.6 is 46.6 Å². The normalized spacial score (nSPS) is 15.3.